The monoisotopic (exact) mass is 430 g/mol. The molecular formula is C18H12F2N6OS2. The fourth-order valence-electron chi connectivity index (χ4n) is 2.43. The number of hydrogen-bond acceptors (Lipinski definition) is 7. The fourth-order valence-corrected chi connectivity index (χ4v) is 3.85. The summed E-state index contributed by atoms with van der Waals surface area (Å²) in [4.78, 5) is 16.4. The third-order valence-corrected chi connectivity index (χ3v) is 5.41. The molecule has 2 heterocycles. The third kappa shape index (κ3) is 4.46. The molecule has 0 unspecified atom stereocenters. The predicted molar refractivity (Wildman–Crippen MR) is 106 cm³/mol. The molecule has 1 amide bonds. The van der Waals surface area contributed by atoms with E-state index >= 15 is 0 Å². The first-order chi connectivity index (χ1) is 14.1. The molecule has 0 fully saturated rings. The Balaban J connectivity index is 1.40. The summed E-state index contributed by atoms with van der Waals surface area (Å²) in [6, 6.07) is 12.4. The van der Waals surface area contributed by atoms with Gasteiger partial charge in [0.25, 0.3) is 0 Å². The number of halogens is 2. The number of anilines is 1. The molecule has 0 radical (unpaired) electrons. The number of thiazole rings is 1. The van der Waals surface area contributed by atoms with Gasteiger partial charge in [-0.3, -0.25) is 4.79 Å². The van der Waals surface area contributed by atoms with Crippen LogP contribution in [0.5, 0.6) is 0 Å². The van der Waals surface area contributed by atoms with Crippen molar-refractivity contribution in [3.8, 4) is 16.9 Å². The van der Waals surface area contributed by atoms with Crippen LogP contribution in [0.3, 0.4) is 0 Å². The summed E-state index contributed by atoms with van der Waals surface area (Å²) >= 11 is 2.29. The summed E-state index contributed by atoms with van der Waals surface area (Å²) in [5.74, 6) is -1.42. The minimum atomic E-state index is -0.585. The number of para-hydroxylation sites is 1. The molecule has 0 aliphatic rings. The Bertz CT molecular complexity index is 1150. The quantitative estimate of drug-likeness (QED) is 0.469. The van der Waals surface area contributed by atoms with Crippen LogP contribution in [0.1, 0.15) is 0 Å². The van der Waals surface area contributed by atoms with Gasteiger partial charge in [-0.1, -0.05) is 30.0 Å². The molecular weight excluding hydrogens is 418 g/mol. The highest BCUT2D eigenvalue weighted by Gasteiger charge is 2.14. The molecule has 0 aliphatic carbocycles. The van der Waals surface area contributed by atoms with Crippen LogP contribution in [0, 0.1) is 11.6 Å². The molecule has 2 aromatic carbocycles. The molecule has 0 spiro atoms. The Morgan fingerprint density at radius 2 is 2.00 bits per heavy atom. The van der Waals surface area contributed by atoms with Crippen LogP contribution in [0.2, 0.25) is 0 Å². The normalized spacial score (nSPS) is 10.8. The Morgan fingerprint density at radius 3 is 2.83 bits per heavy atom. The van der Waals surface area contributed by atoms with E-state index in [0.717, 1.165) is 35.2 Å². The van der Waals surface area contributed by atoms with E-state index < -0.39 is 11.6 Å². The molecule has 146 valence electrons. The lowest BCUT2D eigenvalue weighted by Gasteiger charge is -2.04. The number of aromatic nitrogens is 5. The molecule has 0 saturated heterocycles. The Labute approximate surface area is 171 Å². The molecule has 1 N–H and O–H groups in total. The molecule has 0 aliphatic heterocycles. The van der Waals surface area contributed by atoms with E-state index in [2.05, 4.69) is 25.8 Å². The second kappa shape index (κ2) is 8.45. The number of carbonyl (C=O) groups is 1. The van der Waals surface area contributed by atoms with Crippen molar-refractivity contribution in [1.82, 2.24) is 25.2 Å². The van der Waals surface area contributed by atoms with Gasteiger partial charge in [0.15, 0.2) is 5.13 Å². The number of amides is 1. The van der Waals surface area contributed by atoms with Gasteiger partial charge in [0, 0.05) is 10.9 Å². The fraction of sp³-hybridized carbons (Fsp3) is 0.0556. The van der Waals surface area contributed by atoms with E-state index in [-0.39, 0.29) is 28.0 Å². The van der Waals surface area contributed by atoms with Crippen LogP contribution in [0.15, 0.2) is 59.1 Å². The van der Waals surface area contributed by atoms with Crippen LogP contribution >= 0.6 is 23.1 Å². The van der Waals surface area contributed by atoms with E-state index in [4.69, 9.17) is 0 Å². The third-order valence-electron chi connectivity index (χ3n) is 3.73. The number of rotatable bonds is 6. The highest BCUT2D eigenvalue weighted by atomic mass is 32.2. The number of nitrogens with zero attached hydrogens (tertiary/aromatic N) is 5. The second-order valence-corrected chi connectivity index (χ2v) is 7.51. The largest absolute Gasteiger partial charge is 0.301 e. The van der Waals surface area contributed by atoms with Gasteiger partial charge in [-0.15, -0.1) is 16.4 Å². The van der Waals surface area contributed by atoms with E-state index in [1.54, 1.807) is 5.38 Å². The van der Waals surface area contributed by atoms with Crippen molar-refractivity contribution >= 4 is 34.1 Å². The van der Waals surface area contributed by atoms with Crippen molar-refractivity contribution in [3.63, 3.8) is 0 Å². The van der Waals surface area contributed by atoms with Crippen molar-refractivity contribution in [1.29, 1.82) is 0 Å². The predicted octanol–water partition coefficient (Wildman–Crippen LogP) is 3.79. The lowest BCUT2D eigenvalue weighted by molar-refractivity contribution is -0.113. The molecule has 2 aromatic heterocycles. The first-order valence-corrected chi connectivity index (χ1v) is 10.1. The lowest BCUT2D eigenvalue weighted by atomic mass is 10.1. The molecule has 4 aromatic rings. The van der Waals surface area contributed by atoms with Gasteiger partial charge in [0.1, 0.15) is 11.6 Å². The second-order valence-electron chi connectivity index (χ2n) is 5.71. The minimum absolute atomic E-state index is 0.0400. The van der Waals surface area contributed by atoms with Crippen LogP contribution < -0.4 is 5.32 Å². The van der Waals surface area contributed by atoms with Crippen LogP contribution in [0.4, 0.5) is 13.9 Å². The Morgan fingerprint density at radius 1 is 1.17 bits per heavy atom. The first-order valence-electron chi connectivity index (χ1n) is 8.27. The molecule has 29 heavy (non-hydrogen) atoms. The summed E-state index contributed by atoms with van der Waals surface area (Å²) in [5, 5.41) is 16.4. The summed E-state index contributed by atoms with van der Waals surface area (Å²) in [5.41, 5.74) is 1.07. The topological polar surface area (TPSA) is 85.6 Å². The van der Waals surface area contributed by atoms with Crippen LogP contribution in [0.25, 0.3) is 16.9 Å². The molecule has 0 saturated carbocycles. The van der Waals surface area contributed by atoms with Crippen LogP contribution in [-0.2, 0) is 4.79 Å². The molecule has 0 atom stereocenters. The Kier molecular flexibility index (Phi) is 5.58. The van der Waals surface area contributed by atoms with Gasteiger partial charge in [0.05, 0.1) is 17.1 Å². The summed E-state index contributed by atoms with van der Waals surface area (Å²) < 4.78 is 28.8. The van der Waals surface area contributed by atoms with E-state index in [0.29, 0.717) is 5.16 Å². The van der Waals surface area contributed by atoms with Crippen molar-refractivity contribution in [2.45, 2.75) is 5.16 Å². The average Bonchev–Trinajstić information content (AvgIpc) is 3.38. The summed E-state index contributed by atoms with van der Waals surface area (Å²) in [6.07, 6.45) is 0. The lowest BCUT2D eigenvalue weighted by Crippen LogP contribution is -2.14. The highest BCUT2D eigenvalue weighted by molar-refractivity contribution is 7.99. The van der Waals surface area contributed by atoms with Gasteiger partial charge in [0.2, 0.25) is 11.1 Å². The number of nitrogens with one attached hydrogen (secondary N) is 1. The van der Waals surface area contributed by atoms with Gasteiger partial charge >= 0.3 is 0 Å². The number of thioether (sulfide) groups is 1. The maximum Gasteiger partial charge on any atom is 0.236 e. The van der Waals surface area contributed by atoms with Crippen molar-refractivity contribution < 1.29 is 13.6 Å². The number of hydrogen-bond donors (Lipinski definition) is 1. The Hall–Kier alpha value is -3.18. The average molecular weight is 430 g/mol. The maximum atomic E-state index is 13.9. The zero-order valence-corrected chi connectivity index (χ0v) is 16.3. The van der Waals surface area contributed by atoms with Gasteiger partial charge in [-0.25, -0.2) is 13.8 Å². The molecule has 11 heteroatoms. The van der Waals surface area contributed by atoms with E-state index in [1.807, 2.05) is 30.3 Å². The number of carbonyl (C=O) groups excluding carboxylic acids is 1. The summed E-state index contributed by atoms with van der Waals surface area (Å²) in [7, 11) is 0. The number of tetrazole rings is 1. The smallest absolute Gasteiger partial charge is 0.236 e. The highest BCUT2D eigenvalue weighted by Crippen LogP contribution is 2.28. The molecule has 7 nitrogen and oxygen atoms in total. The van der Waals surface area contributed by atoms with Gasteiger partial charge in [-0.2, -0.15) is 4.68 Å². The van der Waals surface area contributed by atoms with Crippen molar-refractivity contribution in [2.75, 3.05) is 11.1 Å². The van der Waals surface area contributed by atoms with Gasteiger partial charge < -0.3 is 5.32 Å². The number of benzene rings is 2. The van der Waals surface area contributed by atoms with Crippen molar-refractivity contribution in [3.05, 3.63) is 65.5 Å². The molecule has 4 rings (SSSR count). The van der Waals surface area contributed by atoms with Crippen molar-refractivity contribution in [2.24, 2.45) is 0 Å². The van der Waals surface area contributed by atoms with E-state index in [9.17, 15) is 13.6 Å². The van der Waals surface area contributed by atoms with E-state index in [1.165, 1.54) is 16.4 Å². The standard InChI is InChI=1S/C18H12F2N6OS2/c19-11-6-7-14(20)13(8-11)15-9-28-17(21-15)22-16(27)10-29-18-23-24-25-26(18)12-4-2-1-3-5-12/h1-9H,10H2,(H,21,22,27). The summed E-state index contributed by atoms with van der Waals surface area (Å²) in [6.45, 7) is 0. The minimum Gasteiger partial charge on any atom is -0.301 e. The van der Waals surface area contributed by atoms with Gasteiger partial charge in [-0.05, 0) is 40.8 Å². The maximum absolute atomic E-state index is 13.9. The zero-order valence-electron chi connectivity index (χ0n) is 14.6. The SMILES string of the molecule is O=C(CSc1nnnn1-c1ccccc1)Nc1nc(-c2cc(F)ccc2F)cs1. The molecule has 0 bridgehead atoms. The van der Waals surface area contributed by atoms with Crippen LogP contribution in [-0.4, -0.2) is 36.9 Å². The first kappa shape index (κ1) is 19.2. The zero-order chi connectivity index (χ0) is 20.2.